The van der Waals surface area contributed by atoms with E-state index in [1.165, 1.54) is 29.7 Å². The number of rotatable bonds is 2. The summed E-state index contributed by atoms with van der Waals surface area (Å²) in [6, 6.07) is 17.3. The second-order valence-electron chi connectivity index (χ2n) is 10.2. The summed E-state index contributed by atoms with van der Waals surface area (Å²) < 4.78 is 0. The number of anilines is 1. The van der Waals surface area contributed by atoms with Crippen LogP contribution >= 0.6 is 11.8 Å². The molecule has 1 aliphatic carbocycles. The molecule has 164 valence electrons. The normalized spacial score (nSPS) is 25.4. The van der Waals surface area contributed by atoms with Crippen molar-refractivity contribution in [2.45, 2.75) is 65.8 Å². The topological polar surface area (TPSA) is 28.0 Å². The number of para-hydroxylation sites is 1. The van der Waals surface area contributed by atoms with Crippen LogP contribution in [0.25, 0.3) is 0 Å². The molecule has 4 heteroatoms. The Balaban J connectivity index is 1.81. The molecule has 3 nitrogen and oxygen atoms in total. The van der Waals surface area contributed by atoms with Crippen LogP contribution in [0.15, 0.2) is 58.5 Å². The third kappa shape index (κ3) is 4.19. The molecule has 1 aliphatic heterocycles. The van der Waals surface area contributed by atoms with Gasteiger partial charge in [0.2, 0.25) is 0 Å². The summed E-state index contributed by atoms with van der Waals surface area (Å²) in [4.78, 5) is 12.8. The lowest BCUT2D eigenvalue weighted by Crippen LogP contribution is -2.54. The zero-order chi connectivity index (χ0) is 22.2. The molecule has 0 N–H and O–H groups in total. The highest BCUT2D eigenvalue weighted by Gasteiger charge is 2.51. The van der Waals surface area contributed by atoms with Crippen molar-refractivity contribution in [1.82, 2.24) is 0 Å². The second kappa shape index (κ2) is 8.46. The fraction of sp³-hybridized carbons (Fsp3) is 0.481. The van der Waals surface area contributed by atoms with E-state index in [4.69, 9.17) is 9.98 Å². The number of amidine groups is 2. The van der Waals surface area contributed by atoms with Gasteiger partial charge in [0.15, 0.2) is 11.0 Å². The second-order valence-corrected chi connectivity index (χ2v) is 10.9. The van der Waals surface area contributed by atoms with Crippen molar-refractivity contribution in [3.8, 4) is 0 Å². The monoisotopic (exact) mass is 433 g/mol. The van der Waals surface area contributed by atoms with E-state index >= 15 is 0 Å². The van der Waals surface area contributed by atoms with Gasteiger partial charge in [0.1, 0.15) is 5.54 Å². The van der Waals surface area contributed by atoms with E-state index < -0.39 is 0 Å². The Morgan fingerprint density at radius 2 is 1.65 bits per heavy atom. The molecule has 2 aromatic rings. The lowest BCUT2D eigenvalue weighted by atomic mass is 9.66. The molecule has 1 saturated carbocycles. The van der Waals surface area contributed by atoms with Gasteiger partial charge in [-0.25, -0.2) is 9.98 Å². The lowest BCUT2D eigenvalue weighted by Gasteiger charge is -2.47. The van der Waals surface area contributed by atoms with Crippen molar-refractivity contribution in [3.63, 3.8) is 0 Å². The summed E-state index contributed by atoms with van der Waals surface area (Å²) in [5.74, 6) is 1.72. The molecule has 0 radical (unpaired) electrons. The summed E-state index contributed by atoms with van der Waals surface area (Å²) in [5, 5.41) is 1.06. The van der Waals surface area contributed by atoms with Gasteiger partial charge in [0, 0.05) is 5.69 Å². The van der Waals surface area contributed by atoms with Crippen LogP contribution in [0, 0.1) is 25.2 Å². The molecule has 1 fully saturated rings. The molecule has 2 aromatic carbocycles. The van der Waals surface area contributed by atoms with Crippen molar-refractivity contribution >= 4 is 34.1 Å². The summed E-state index contributed by atoms with van der Waals surface area (Å²) in [7, 11) is 0. The number of thioether (sulfide) groups is 1. The van der Waals surface area contributed by atoms with Crippen molar-refractivity contribution in [2.75, 3.05) is 11.2 Å². The Labute approximate surface area is 192 Å². The first-order valence-electron chi connectivity index (χ1n) is 11.4. The Bertz CT molecular complexity index is 990. The zero-order valence-electron chi connectivity index (χ0n) is 19.8. The molecular formula is C27H35N3S. The molecule has 0 bridgehead atoms. The molecule has 1 heterocycles. The number of aliphatic imine (C=N–C) groups is 2. The van der Waals surface area contributed by atoms with E-state index in [0.29, 0.717) is 5.41 Å². The van der Waals surface area contributed by atoms with Crippen LogP contribution in [-0.4, -0.2) is 22.8 Å². The third-order valence-corrected chi connectivity index (χ3v) is 7.73. The quantitative estimate of drug-likeness (QED) is 0.489. The van der Waals surface area contributed by atoms with Gasteiger partial charge in [0.25, 0.3) is 0 Å². The number of nitrogens with zero attached hydrogens (tertiary/aromatic N) is 3. The zero-order valence-corrected chi connectivity index (χ0v) is 20.6. The van der Waals surface area contributed by atoms with Crippen LogP contribution in [0.5, 0.6) is 0 Å². The van der Waals surface area contributed by atoms with Gasteiger partial charge in [-0.05, 0) is 80.9 Å². The van der Waals surface area contributed by atoms with Gasteiger partial charge in [-0.2, -0.15) is 0 Å². The van der Waals surface area contributed by atoms with Crippen LogP contribution in [0.1, 0.15) is 57.6 Å². The fourth-order valence-corrected chi connectivity index (χ4v) is 5.70. The van der Waals surface area contributed by atoms with Gasteiger partial charge in [-0.15, -0.1) is 0 Å². The Hall–Kier alpha value is -2.07. The smallest absolute Gasteiger partial charge is 0.170 e. The van der Waals surface area contributed by atoms with E-state index in [9.17, 15) is 0 Å². The average Bonchev–Trinajstić information content (AvgIpc) is 3.03. The molecule has 0 amide bonds. The summed E-state index contributed by atoms with van der Waals surface area (Å²) in [6.07, 6.45) is 6.71. The summed E-state index contributed by atoms with van der Waals surface area (Å²) in [6.45, 7) is 11.4. The van der Waals surface area contributed by atoms with Crippen molar-refractivity contribution in [1.29, 1.82) is 0 Å². The standard InChI is InChI=1S/C27H35N3S/c1-19-11-13-22(14-12-19)30-25(31-6)29-24(28-23-10-8-7-9-20(23)2)27(30)17-15-21(16-18-27)26(3,4)5/h7-14,21H,15-18H2,1-6H3. The molecule has 2 aliphatic rings. The van der Waals surface area contributed by atoms with Crippen molar-refractivity contribution in [2.24, 2.45) is 21.3 Å². The van der Waals surface area contributed by atoms with E-state index in [1.54, 1.807) is 11.8 Å². The van der Waals surface area contributed by atoms with Crippen LogP contribution < -0.4 is 4.90 Å². The van der Waals surface area contributed by atoms with E-state index in [0.717, 1.165) is 35.5 Å². The number of benzene rings is 2. The van der Waals surface area contributed by atoms with E-state index in [-0.39, 0.29) is 5.54 Å². The minimum atomic E-state index is -0.169. The molecule has 4 rings (SSSR count). The summed E-state index contributed by atoms with van der Waals surface area (Å²) >= 11 is 1.73. The first-order valence-corrected chi connectivity index (χ1v) is 12.6. The van der Waals surface area contributed by atoms with E-state index in [1.807, 2.05) is 0 Å². The molecular weight excluding hydrogens is 398 g/mol. The first-order chi connectivity index (χ1) is 14.7. The number of hydrogen-bond acceptors (Lipinski definition) is 3. The average molecular weight is 434 g/mol. The molecule has 31 heavy (non-hydrogen) atoms. The Morgan fingerprint density at radius 1 is 1.00 bits per heavy atom. The van der Waals surface area contributed by atoms with Crippen LogP contribution in [0.4, 0.5) is 11.4 Å². The minimum Gasteiger partial charge on any atom is -0.307 e. The third-order valence-electron chi connectivity index (χ3n) is 7.09. The molecule has 0 saturated heterocycles. The highest BCUT2D eigenvalue weighted by Crippen LogP contribution is 2.49. The van der Waals surface area contributed by atoms with Crippen molar-refractivity contribution in [3.05, 3.63) is 59.7 Å². The van der Waals surface area contributed by atoms with Gasteiger partial charge in [-0.3, -0.25) is 0 Å². The number of aryl methyl sites for hydroxylation is 2. The van der Waals surface area contributed by atoms with Gasteiger partial charge < -0.3 is 4.90 Å². The molecule has 1 spiro atoms. The minimum absolute atomic E-state index is 0.169. The molecule has 0 unspecified atom stereocenters. The van der Waals surface area contributed by atoms with Crippen LogP contribution in [0.3, 0.4) is 0 Å². The van der Waals surface area contributed by atoms with Gasteiger partial charge >= 0.3 is 0 Å². The Morgan fingerprint density at radius 3 is 2.23 bits per heavy atom. The Kier molecular flexibility index (Phi) is 6.04. The molecule has 0 atom stereocenters. The maximum absolute atomic E-state index is 5.19. The SMILES string of the molecule is CSC1=NC(=Nc2ccccc2C)C2(CCC(C(C)(C)C)CC2)N1c1ccc(C)cc1. The van der Waals surface area contributed by atoms with Gasteiger partial charge in [-0.1, -0.05) is 68.4 Å². The molecule has 0 aromatic heterocycles. The van der Waals surface area contributed by atoms with Gasteiger partial charge in [0.05, 0.1) is 5.69 Å². The summed E-state index contributed by atoms with van der Waals surface area (Å²) in [5.41, 5.74) is 4.91. The van der Waals surface area contributed by atoms with E-state index in [2.05, 4.69) is 94.3 Å². The largest absolute Gasteiger partial charge is 0.307 e. The maximum atomic E-state index is 5.19. The predicted molar refractivity (Wildman–Crippen MR) is 137 cm³/mol. The predicted octanol–water partition coefficient (Wildman–Crippen LogP) is 7.55. The number of hydrogen-bond donors (Lipinski definition) is 0. The fourth-order valence-electron chi connectivity index (χ4n) is 5.06. The van der Waals surface area contributed by atoms with Crippen molar-refractivity contribution < 1.29 is 0 Å². The highest BCUT2D eigenvalue weighted by molar-refractivity contribution is 8.13. The van der Waals surface area contributed by atoms with Crippen LogP contribution in [-0.2, 0) is 0 Å². The maximum Gasteiger partial charge on any atom is 0.170 e. The lowest BCUT2D eigenvalue weighted by molar-refractivity contribution is 0.158. The van der Waals surface area contributed by atoms with Crippen LogP contribution in [0.2, 0.25) is 0 Å². The first kappa shape index (κ1) is 22.1. The highest BCUT2D eigenvalue weighted by atomic mass is 32.2.